The van der Waals surface area contributed by atoms with Crippen LogP contribution in [0.15, 0.2) is 88.7 Å². The minimum absolute atomic E-state index is 0.558. The molecule has 0 saturated carbocycles. The zero-order valence-corrected chi connectivity index (χ0v) is 18.3. The van der Waals surface area contributed by atoms with Gasteiger partial charge in [0.2, 0.25) is 0 Å². The topological polar surface area (TPSA) is 87.1 Å². The zero-order valence-electron chi connectivity index (χ0n) is 17.5. The largest absolute Gasteiger partial charge is 0.478 e. The van der Waals surface area contributed by atoms with Gasteiger partial charge in [-0.05, 0) is 34.5 Å². The molecule has 3 aromatic rings. The monoisotopic (exact) mass is 451 g/mol. The molecular formula is C25H25NO5S. The van der Waals surface area contributed by atoms with E-state index in [2.05, 4.69) is 71.6 Å². The molecule has 3 aromatic carbocycles. The number of hydrogen-bond acceptors (Lipinski definition) is 5. The quantitative estimate of drug-likeness (QED) is 0.532. The van der Waals surface area contributed by atoms with Gasteiger partial charge in [-0.3, -0.25) is 4.90 Å². The van der Waals surface area contributed by atoms with Crippen LogP contribution in [-0.2, 0) is 20.9 Å². The van der Waals surface area contributed by atoms with E-state index in [0.717, 1.165) is 32.8 Å². The fourth-order valence-electron chi connectivity index (χ4n) is 3.23. The predicted molar refractivity (Wildman–Crippen MR) is 125 cm³/mol. The third-order valence-electron chi connectivity index (χ3n) is 4.79. The first-order valence-corrected chi connectivity index (χ1v) is 11.0. The van der Waals surface area contributed by atoms with Crippen molar-refractivity contribution in [1.82, 2.24) is 4.90 Å². The second-order valence-corrected chi connectivity index (χ2v) is 8.23. The van der Waals surface area contributed by atoms with Crippen LogP contribution in [0.3, 0.4) is 0 Å². The van der Waals surface area contributed by atoms with Crippen molar-refractivity contribution in [3.05, 3.63) is 84.4 Å². The summed E-state index contributed by atoms with van der Waals surface area (Å²) in [7, 11) is 0. The van der Waals surface area contributed by atoms with Crippen LogP contribution < -0.4 is 0 Å². The van der Waals surface area contributed by atoms with E-state index < -0.39 is 11.9 Å². The van der Waals surface area contributed by atoms with Gasteiger partial charge in [0.25, 0.3) is 0 Å². The average Bonchev–Trinajstić information content (AvgIpc) is 2.80. The normalized spacial score (nSPS) is 14.1. The molecule has 0 aromatic heterocycles. The molecule has 32 heavy (non-hydrogen) atoms. The molecule has 4 rings (SSSR count). The molecule has 0 bridgehead atoms. The third kappa shape index (κ3) is 7.53. The fourth-order valence-corrected chi connectivity index (χ4v) is 4.22. The van der Waals surface area contributed by atoms with Crippen molar-refractivity contribution in [1.29, 1.82) is 0 Å². The molecule has 0 radical (unpaired) electrons. The maximum Gasteiger partial charge on any atom is 0.328 e. The summed E-state index contributed by atoms with van der Waals surface area (Å²) in [6.45, 7) is 4.74. The number of carboxylic acids is 2. The number of hydrogen-bond donors (Lipinski definition) is 2. The summed E-state index contributed by atoms with van der Waals surface area (Å²) in [6, 6.07) is 24.0. The van der Waals surface area contributed by atoms with Crippen LogP contribution in [0.2, 0.25) is 0 Å². The summed E-state index contributed by atoms with van der Waals surface area (Å²) in [5, 5.41) is 18.2. The molecule has 6 nitrogen and oxygen atoms in total. The van der Waals surface area contributed by atoms with E-state index in [4.69, 9.17) is 14.9 Å². The molecule has 0 atom stereocenters. The predicted octanol–water partition coefficient (Wildman–Crippen LogP) is 4.54. The van der Waals surface area contributed by atoms with E-state index in [-0.39, 0.29) is 0 Å². The molecule has 0 spiro atoms. The van der Waals surface area contributed by atoms with Crippen LogP contribution in [-0.4, -0.2) is 53.4 Å². The number of morpholine rings is 1. The first-order chi connectivity index (χ1) is 15.5. The average molecular weight is 452 g/mol. The van der Waals surface area contributed by atoms with E-state index >= 15 is 0 Å². The lowest BCUT2D eigenvalue weighted by atomic mass is 10.1. The first-order valence-electron chi connectivity index (χ1n) is 10.2. The Kier molecular flexibility index (Phi) is 8.86. The maximum absolute atomic E-state index is 9.55. The molecule has 1 fully saturated rings. The highest BCUT2D eigenvalue weighted by Gasteiger charge is 2.13. The fraction of sp³-hybridized carbons (Fsp3) is 0.200. The van der Waals surface area contributed by atoms with Gasteiger partial charge in [-0.15, -0.1) is 0 Å². The van der Waals surface area contributed by atoms with Crippen LogP contribution in [0.1, 0.15) is 5.56 Å². The SMILES string of the molecule is O=C(O)/C=C\C(=O)O.c1ccc(Sc2ccc3ccccc3c2)c(CN2CCOCC2)c1. The molecule has 2 N–H and O–H groups in total. The second kappa shape index (κ2) is 12.0. The Morgan fingerprint density at radius 3 is 2.19 bits per heavy atom. The molecule has 1 saturated heterocycles. The van der Waals surface area contributed by atoms with E-state index in [9.17, 15) is 9.59 Å². The maximum atomic E-state index is 9.55. The highest BCUT2D eigenvalue weighted by molar-refractivity contribution is 7.99. The molecule has 0 unspecified atom stereocenters. The number of nitrogens with zero attached hydrogens (tertiary/aromatic N) is 1. The lowest BCUT2D eigenvalue weighted by Crippen LogP contribution is -2.35. The van der Waals surface area contributed by atoms with E-state index in [1.807, 2.05) is 11.8 Å². The van der Waals surface area contributed by atoms with Gasteiger partial charge in [0.1, 0.15) is 0 Å². The smallest absolute Gasteiger partial charge is 0.328 e. The number of fused-ring (bicyclic) bond motifs is 1. The zero-order chi connectivity index (χ0) is 22.8. The Balaban J connectivity index is 0.000000312. The number of carbonyl (C=O) groups is 2. The molecule has 7 heteroatoms. The van der Waals surface area contributed by atoms with Gasteiger partial charge in [0, 0.05) is 41.6 Å². The van der Waals surface area contributed by atoms with Gasteiger partial charge in [-0.1, -0.05) is 60.3 Å². The molecule has 0 amide bonds. The van der Waals surface area contributed by atoms with Gasteiger partial charge in [0.15, 0.2) is 0 Å². The van der Waals surface area contributed by atoms with E-state index in [0.29, 0.717) is 12.2 Å². The van der Waals surface area contributed by atoms with Crippen molar-refractivity contribution in [3.8, 4) is 0 Å². The van der Waals surface area contributed by atoms with Crippen molar-refractivity contribution in [2.24, 2.45) is 0 Å². The minimum Gasteiger partial charge on any atom is -0.478 e. The molecule has 166 valence electrons. The molecular weight excluding hydrogens is 426 g/mol. The van der Waals surface area contributed by atoms with Crippen molar-refractivity contribution in [3.63, 3.8) is 0 Å². The second-order valence-electron chi connectivity index (χ2n) is 7.12. The summed E-state index contributed by atoms with van der Waals surface area (Å²) in [5.74, 6) is -2.51. The van der Waals surface area contributed by atoms with Crippen LogP contribution in [0.4, 0.5) is 0 Å². The Labute approximate surface area is 191 Å². The Morgan fingerprint density at radius 1 is 0.875 bits per heavy atom. The van der Waals surface area contributed by atoms with Crippen LogP contribution >= 0.6 is 11.8 Å². The standard InChI is InChI=1S/C21H21NOS.C4H4O4/c1-2-6-18-15-20(10-9-17(18)5-1)24-21-8-4-3-7-19(21)16-22-11-13-23-14-12-22;5-3(6)1-2-4(7)8/h1-10,15H,11-14,16H2;1-2H,(H,5,6)(H,7,8)/b;2-1-. The number of carboxylic acid groups (broad SMARTS) is 2. The summed E-state index contributed by atoms with van der Waals surface area (Å²) in [5.41, 5.74) is 1.40. The number of benzene rings is 3. The third-order valence-corrected chi connectivity index (χ3v) is 5.90. The summed E-state index contributed by atoms with van der Waals surface area (Å²) >= 11 is 1.86. The van der Waals surface area contributed by atoms with Crippen molar-refractivity contribution in [2.45, 2.75) is 16.3 Å². The number of ether oxygens (including phenoxy) is 1. The van der Waals surface area contributed by atoms with Crippen LogP contribution in [0, 0.1) is 0 Å². The van der Waals surface area contributed by atoms with Gasteiger partial charge in [-0.25, -0.2) is 9.59 Å². The minimum atomic E-state index is -1.26. The molecule has 0 aliphatic carbocycles. The van der Waals surface area contributed by atoms with E-state index in [1.54, 1.807) is 0 Å². The highest BCUT2D eigenvalue weighted by Crippen LogP contribution is 2.33. The Morgan fingerprint density at radius 2 is 1.50 bits per heavy atom. The van der Waals surface area contributed by atoms with Crippen molar-refractivity contribution < 1.29 is 24.5 Å². The van der Waals surface area contributed by atoms with Crippen molar-refractivity contribution in [2.75, 3.05) is 26.3 Å². The summed E-state index contributed by atoms with van der Waals surface area (Å²) < 4.78 is 5.46. The van der Waals surface area contributed by atoms with Gasteiger partial charge in [-0.2, -0.15) is 0 Å². The van der Waals surface area contributed by atoms with Gasteiger partial charge in [0.05, 0.1) is 13.2 Å². The number of aliphatic carboxylic acids is 2. The Hall–Kier alpha value is -3.13. The molecule has 1 heterocycles. The van der Waals surface area contributed by atoms with Crippen LogP contribution in [0.25, 0.3) is 10.8 Å². The Bertz CT molecular complexity index is 1080. The van der Waals surface area contributed by atoms with Gasteiger partial charge < -0.3 is 14.9 Å². The lowest BCUT2D eigenvalue weighted by Gasteiger charge is -2.27. The summed E-state index contributed by atoms with van der Waals surface area (Å²) in [4.78, 5) is 24.2. The molecule has 1 aliphatic heterocycles. The van der Waals surface area contributed by atoms with E-state index in [1.165, 1.54) is 26.1 Å². The molecule has 1 aliphatic rings. The number of rotatable bonds is 6. The van der Waals surface area contributed by atoms with Crippen molar-refractivity contribution >= 4 is 34.5 Å². The lowest BCUT2D eigenvalue weighted by molar-refractivity contribution is -0.134. The first kappa shape index (κ1) is 23.5. The highest BCUT2D eigenvalue weighted by atomic mass is 32.2. The summed E-state index contributed by atoms with van der Waals surface area (Å²) in [6.07, 6.45) is 1.12. The van der Waals surface area contributed by atoms with Crippen LogP contribution in [0.5, 0.6) is 0 Å². The van der Waals surface area contributed by atoms with Gasteiger partial charge >= 0.3 is 11.9 Å².